The van der Waals surface area contributed by atoms with E-state index in [0.29, 0.717) is 22.5 Å². The van der Waals surface area contributed by atoms with E-state index in [1.54, 1.807) is 12.1 Å². The average molecular weight is 582 g/mol. The zero-order valence-corrected chi connectivity index (χ0v) is 21.9. The molecule has 5 rings (SSSR count). The Hall–Kier alpha value is -3.52. The van der Waals surface area contributed by atoms with Gasteiger partial charge in [0.2, 0.25) is 21.8 Å². The third kappa shape index (κ3) is 5.68. The molecule has 1 aliphatic heterocycles. The average Bonchev–Trinajstić information content (AvgIpc) is 3.72. The van der Waals surface area contributed by atoms with Crippen LogP contribution in [0.1, 0.15) is 49.3 Å². The number of nitrogens with one attached hydrogen (secondary N) is 1. The van der Waals surface area contributed by atoms with Crippen molar-refractivity contribution in [1.82, 2.24) is 24.6 Å². The van der Waals surface area contributed by atoms with Crippen LogP contribution in [-0.2, 0) is 27.5 Å². The fourth-order valence-corrected chi connectivity index (χ4v) is 6.48. The van der Waals surface area contributed by atoms with Crippen molar-refractivity contribution in [2.75, 3.05) is 0 Å². The van der Waals surface area contributed by atoms with Crippen molar-refractivity contribution >= 4 is 15.9 Å². The van der Waals surface area contributed by atoms with Gasteiger partial charge in [0.1, 0.15) is 18.0 Å². The fraction of sp³-hybridized carbons (Fsp3) is 0.385. The largest absolute Gasteiger partial charge is 0.451 e. The molecule has 2 fully saturated rings. The molecule has 1 saturated carbocycles. The van der Waals surface area contributed by atoms with E-state index in [0.717, 1.165) is 53.8 Å². The number of carbonyl (C=O) groups is 1. The highest BCUT2D eigenvalue weighted by atomic mass is 32.2. The van der Waals surface area contributed by atoms with Crippen molar-refractivity contribution in [2.45, 2.75) is 68.0 Å². The van der Waals surface area contributed by atoms with Gasteiger partial charge in [0.25, 0.3) is 0 Å². The number of rotatable bonds is 7. The summed E-state index contributed by atoms with van der Waals surface area (Å²) in [7, 11) is -4.32. The molecule has 3 heterocycles. The third-order valence-electron chi connectivity index (χ3n) is 6.95. The number of carbonyl (C=O) groups excluding carboxylic acids is 1. The zero-order valence-electron chi connectivity index (χ0n) is 21.1. The van der Waals surface area contributed by atoms with E-state index in [1.165, 1.54) is 6.92 Å². The maximum absolute atomic E-state index is 14.7. The molecule has 2 aromatic heterocycles. The molecule has 1 aromatic carbocycles. The number of hydrogen-bond donors (Lipinski definition) is 1. The lowest BCUT2D eigenvalue weighted by Gasteiger charge is -2.26. The molecule has 0 spiro atoms. The van der Waals surface area contributed by atoms with Crippen LogP contribution in [0.3, 0.4) is 0 Å². The van der Waals surface area contributed by atoms with Crippen LogP contribution in [0, 0.1) is 5.82 Å². The van der Waals surface area contributed by atoms with E-state index in [9.17, 15) is 35.2 Å². The molecule has 212 valence electrons. The monoisotopic (exact) mass is 581 g/mol. The molecule has 3 aromatic rings. The van der Waals surface area contributed by atoms with Crippen molar-refractivity contribution in [2.24, 2.45) is 0 Å². The van der Waals surface area contributed by atoms with Crippen LogP contribution in [0.25, 0.3) is 11.1 Å². The molecule has 14 heteroatoms. The summed E-state index contributed by atoms with van der Waals surface area (Å²) in [5, 5.41) is 2.62. The molecule has 0 unspecified atom stereocenters. The Morgan fingerprint density at radius 3 is 2.33 bits per heavy atom. The predicted octanol–water partition coefficient (Wildman–Crippen LogP) is 4.38. The topological polar surface area (TPSA) is 105 Å². The van der Waals surface area contributed by atoms with Crippen LogP contribution >= 0.6 is 0 Å². The first kappa shape index (κ1) is 28.0. The highest BCUT2D eigenvalue weighted by molar-refractivity contribution is 7.89. The number of aromatic nitrogens is 3. The predicted molar refractivity (Wildman–Crippen MR) is 132 cm³/mol. The van der Waals surface area contributed by atoms with E-state index in [-0.39, 0.29) is 23.8 Å². The molecule has 1 aliphatic carbocycles. The lowest BCUT2D eigenvalue weighted by Crippen LogP contribution is -2.48. The molecule has 2 aliphatic rings. The quantitative estimate of drug-likeness (QED) is 0.416. The first-order valence-electron chi connectivity index (χ1n) is 12.5. The molecule has 0 radical (unpaired) electrons. The second kappa shape index (κ2) is 10.5. The Morgan fingerprint density at radius 1 is 1.07 bits per heavy atom. The van der Waals surface area contributed by atoms with Crippen LogP contribution in [0.2, 0.25) is 0 Å². The number of benzene rings is 1. The summed E-state index contributed by atoms with van der Waals surface area (Å²) >= 11 is 0. The first-order chi connectivity index (χ1) is 18.8. The minimum Gasteiger partial charge on any atom is -0.349 e. The summed E-state index contributed by atoms with van der Waals surface area (Å²) in [4.78, 5) is 24.3. The molecule has 1 N–H and O–H groups in total. The van der Waals surface area contributed by atoms with E-state index >= 15 is 0 Å². The second-order valence-electron chi connectivity index (χ2n) is 9.85. The number of halogens is 5. The van der Waals surface area contributed by atoms with E-state index in [4.69, 9.17) is 0 Å². The summed E-state index contributed by atoms with van der Waals surface area (Å²) in [6.07, 6.45) is -2.75. The Bertz CT molecular complexity index is 1510. The van der Waals surface area contributed by atoms with Crippen LogP contribution in [0.15, 0.2) is 53.7 Å². The maximum Gasteiger partial charge on any atom is 0.451 e. The van der Waals surface area contributed by atoms with Crippen molar-refractivity contribution < 1.29 is 35.2 Å². The van der Waals surface area contributed by atoms with E-state index in [1.807, 2.05) is 0 Å². The summed E-state index contributed by atoms with van der Waals surface area (Å²) in [5.41, 5.74) is 1.91. The number of sulfonamides is 1. The van der Waals surface area contributed by atoms with Crippen LogP contribution in [-0.4, -0.2) is 51.8 Å². The van der Waals surface area contributed by atoms with Crippen molar-refractivity contribution in [3.05, 3.63) is 71.8 Å². The SMILES string of the molecule is C[C@H]1[C@H](F)C[C@@H](C(=O)NCc2cc(-c3cnc(C(F)(F)F)nc3)cc(C3CC3)n2)N1S(=O)(=O)c1ccc(F)cc1. The molecular formula is C26H24F5N5O3S. The van der Waals surface area contributed by atoms with Crippen molar-refractivity contribution in [3.63, 3.8) is 0 Å². The molecule has 8 nitrogen and oxygen atoms in total. The standard InChI is InChI=1S/C26H24F5N5O3S/c1-14-21(28)10-23(36(14)40(38,39)20-6-4-18(27)5-7-20)24(37)32-13-19-8-16(9-22(35-19)15-2-3-15)17-11-33-25(34-12-17)26(29,30)31/h4-9,11-12,14-15,21,23H,2-3,10,13H2,1H3,(H,32,37)/t14-,21+,23-/m0/s1. The summed E-state index contributed by atoms with van der Waals surface area (Å²) in [5.74, 6) is -2.48. The van der Waals surface area contributed by atoms with Crippen LogP contribution in [0.4, 0.5) is 22.0 Å². The fourth-order valence-electron chi connectivity index (χ4n) is 4.67. The van der Waals surface area contributed by atoms with Crippen molar-refractivity contribution in [1.29, 1.82) is 0 Å². The van der Waals surface area contributed by atoms with Gasteiger partial charge in [-0.1, -0.05) is 0 Å². The third-order valence-corrected chi connectivity index (χ3v) is 8.96. The Labute approximate surface area is 226 Å². The summed E-state index contributed by atoms with van der Waals surface area (Å²) in [6.45, 7) is 1.22. The first-order valence-corrected chi connectivity index (χ1v) is 13.9. The Morgan fingerprint density at radius 2 is 1.73 bits per heavy atom. The lowest BCUT2D eigenvalue weighted by atomic mass is 10.1. The number of nitrogens with zero attached hydrogens (tertiary/aromatic N) is 4. The van der Waals surface area contributed by atoms with Crippen LogP contribution < -0.4 is 5.32 Å². The second-order valence-corrected chi connectivity index (χ2v) is 11.7. The van der Waals surface area contributed by atoms with Gasteiger partial charge < -0.3 is 5.32 Å². The molecule has 0 bridgehead atoms. The minimum absolute atomic E-state index is 0.139. The smallest absolute Gasteiger partial charge is 0.349 e. The molecular weight excluding hydrogens is 557 g/mol. The van der Waals surface area contributed by atoms with Gasteiger partial charge in [-0.05, 0) is 61.7 Å². The number of hydrogen-bond acceptors (Lipinski definition) is 6. The number of alkyl halides is 4. The highest BCUT2D eigenvalue weighted by Gasteiger charge is 2.49. The Balaban J connectivity index is 1.37. The van der Waals surface area contributed by atoms with E-state index < -0.39 is 52.0 Å². The van der Waals surface area contributed by atoms with E-state index in [2.05, 4.69) is 20.3 Å². The Kier molecular flexibility index (Phi) is 7.33. The van der Waals surface area contributed by atoms with Crippen LogP contribution in [0.5, 0.6) is 0 Å². The summed E-state index contributed by atoms with van der Waals surface area (Å²) < 4.78 is 94.0. The maximum atomic E-state index is 14.7. The van der Waals surface area contributed by atoms with Gasteiger partial charge in [-0.2, -0.15) is 17.5 Å². The van der Waals surface area contributed by atoms with Gasteiger partial charge in [-0.25, -0.2) is 27.2 Å². The highest BCUT2D eigenvalue weighted by Crippen LogP contribution is 2.40. The van der Waals surface area contributed by atoms with Gasteiger partial charge in [-0.3, -0.25) is 9.78 Å². The van der Waals surface area contributed by atoms with Gasteiger partial charge in [0.05, 0.1) is 23.2 Å². The zero-order chi connectivity index (χ0) is 28.8. The molecule has 1 amide bonds. The van der Waals surface area contributed by atoms with Gasteiger partial charge >= 0.3 is 6.18 Å². The number of amides is 1. The molecule has 40 heavy (non-hydrogen) atoms. The molecule has 1 saturated heterocycles. The normalized spacial score (nSPS) is 21.9. The van der Waals surface area contributed by atoms with Crippen molar-refractivity contribution in [3.8, 4) is 11.1 Å². The summed E-state index contributed by atoms with van der Waals surface area (Å²) in [6, 6.07) is 4.86. The number of pyridine rings is 1. The van der Waals surface area contributed by atoms with Gasteiger partial charge in [0.15, 0.2) is 0 Å². The lowest BCUT2D eigenvalue weighted by molar-refractivity contribution is -0.145. The minimum atomic E-state index is -4.68. The van der Waals surface area contributed by atoms with Gasteiger partial charge in [0, 0.05) is 36.0 Å². The molecule has 3 atom stereocenters. The van der Waals surface area contributed by atoms with Gasteiger partial charge in [-0.15, -0.1) is 0 Å².